The van der Waals surface area contributed by atoms with Gasteiger partial charge in [0, 0.05) is 11.1 Å². The molecular weight excluding hydrogens is 150 g/mol. The van der Waals surface area contributed by atoms with Crippen LogP contribution in [0.15, 0.2) is 0 Å². The third kappa shape index (κ3) is 1.42. The minimum absolute atomic E-state index is 0.116. The third-order valence-electron chi connectivity index (χ3n) is 1.54. The molecule has 58 valence electrons. The van der Waals surface area contributed by atoms with E-state index in [1.165, 1.54) is 0 Å². The van der Waals surface area contributed by atoms with Gasteiger partial charge in [0.05, 0.1) is 0 Å². The number of carbonyl (C=O) groups is 1. The molecule has 5 heteroatoms. The Morgan fingerprint density at radius 1 is 1.90 bits per heavy atom. The van der Waals surface area contributed by atoms with Crippen LogP contribution in [0.2, 0.25) is 0 Å². The number of thioether (sulfide) groups is 1. The van der Waals surface area contributed by atoms with E-state index < -0.39 is 0 Å². The number of hydrogen-bond acceptors (Lipinski definition) is 4. The standard InChI is InChI=1S/C5H11N3OS/c1-3-4(5(9)8-6)7-2-10-3/h3-4,7H,2,6H2,1H3,(H,8,9)/t3-,4+/m1/s1. The van der Waals surface area contributed by atoms with E-state index in [9.17, 15) is 4.79 Å². The van der Waals surface area contributed by atoms with Crippen LogP contribution in [-0.2, 0) is 4.79 Å². The van der Waals surface area contributed by atoms with E-state index in [0.717, 1.165) is 5.88 Å². The highest BCUT2D eigenvalue weighted by molar-refractivity contribution is 8.00. The monoisotopic (exact) mass is 161 g/mol. The topological polar surface area (TPSA) is 67.2 Å². The van der Waals surface area contributed by atoms with E-state index in [0.29, 0.717) is 5.25 Å². The van der Waals surface area contributed by atoms with Crippen molar-refractivity contribution in [3.8, 4) is 0 Å². The van der Waals surface area contributed by atoms with E-state index in [1.807, 2.05) is 6.92 Å². The quantitative estimate of drug-likeness (QED) is 0.263. The van der Waals surface area contributed by atoms with Crippen molar-refractivity contribution < 1.29 is 4.79 Å². The fraction of sp³-hybridized carbons (Fsp3) is 0.800. The summed E-state index contributed by atoms with van der Waals surface area (Å²) in [5, 5.41) is 3.35. The average Bonchev–Trinajstić information content (AvgIpc) is 2.34. The van der Waals surface area contributed by atoms with Crippen molar-refractivity contribution in [2.75, 3.05) is 5.88 Å². The van der Waals surface area contributed by atoms with Gasteiger partial charge in [-0.3, -0.25) is 15.5 Å². The molecule has 0 aromatic heterocycles. The second-order valence-electron chi connectivity index (χ2n) is 2.21. The van der Waals surface area contributed by atoms with Crippen LogP contribution in [0.4, 0.5) is 0 Å². The molecule has 2 atom stereocenters. The van der Waals surface area contributed by atoms with E-state index in [1.54, 1.807) is 11.8 Å². The van der Waals surface area contributed by atoms with Crippen molar-refractivity contribution in [2.24, 2.45) is 5.84 Å². The first-order valence-electron chi connectivity index (χ1n) is 3.11. The smallest absolute Gasteiger partial charge is 0.252 e. The molecule has 1 saturated heterocycles. The lowest BCUT2D eigenvalue weighted by atomic mass is 10.2. The Labute approximate surface area is 63.9 Å². The minimum Gasteiger partial charge on any atom is -0.296 e. The third-order valence-corrected chi connectivity index (χ3v) is 2.67. The second kappa shape index (κ2) is 3.23. The molecule has 1 rings (SSSR count). The van der Waals surface area contributed by atoms with Gasteiger partial charge in [0.2, 0.25) is 0 Å². The molecule has 0 aliphatic carbocycles. The number of amides is 1. The molecule has 1 aliphatic heterocycles. The van der Waals surface area contributed by atoms with Crippen LogP contribution < -0.4 is 16.6 Å². The Balaban J connectivity index is 2.46. The van der Waals surface area contributed by atoms with E-state index in [-0.39, 0.29) is 11.9 Å². The maximum absolute atomic E-state index is 10.9. The molecule has 0 spiro atoms. The molecular formula is C5H11N3OS. The van der Waals surface area contributed by atoms with Crippen LogP contribution in [0, 0.1) is 0 Å². The molecule has 1 amide bonds. The summed E-state index contributed by atoms with van der Waals surface area (Å²) in [5.74, 6) is 5.67. The Morgan fingerprint density at radius 2 is 2.60 bits per heavy atom. The molecule has 10 heavy (non-hydrogen) atoms. The summed E-state index contributed by atoms with van der Waals surface area (Å²) in [4.78, 5) is 10.9. The molecule has 1 fully saturated rings. The summed E-state index contributed by atoms with van der Waals surface area (Å²) in [7, 11) is 0. The van der Waals surface area contributed by atoms with E-state index in [4.69, 9.17) is 5.84 Å². The number of nitrogens with two attached hydrogens (primary N) is 1. The van der Waals surface area contributed by atoms with Gasteiger partial charge in [-0.15, -0.1) is 11.8 Å². The van der Waals surface area contributed by atoms with Crippen LogP contribution >= 0.6 is 11.8 Å². The molecule has 0 aromatic rings. The molecule has 0 aromatic carbocycles. The van der Waals surface area contributed by atoms with Crippen LogP contribution in [0.25, 0.3) is 0 Å². The van der Waals surface area contributed by atoms with Gasteiger partial charge in [-0.05, 0) is 0 Å². The molecule has 4 nitrogen and oxygen atoms in total. The minimum atomic E-state index is -0.127. The summed E-state index contributed by atoms with van der Waals surface area (Å²) in [6.07, 6.45) is 0. The highest BCUT2D eigenvalue weighted by atomic mass is 32.2. The molecule has 1 heterocycles. The zero-order valence-corrected chi connectivity index (χ0v) is 6.57. The fourth-order valence-electron chi connectivity index (χ4n) is 0.927. The first kappa shape index (κ1) is 7.84. The van der Waals surface area contributed by atoms with Gasteiger partial charge in [-0.2, -0.15) is 0 Å². The largest absolute Gasteiger partial charge is 0.296 e. The Kier molecular flexibility index (Phi) is 2.53. The summed E-state index contributed by atoms with van der Waals surface area (Å²) < 4.78 is 0. The number of rotatable bonds is 1. The van der Waals surface area contributed by atoms with Crippen molar-refractivity contribution in [1.82, 2.24) is 10.7 Å². The zero-order valence-electron chi connectivity index (χ0n) is 5.76. The van der Waals surface area contributed by atoms with Crippen molar-refractivity contribution in [2.45, 2.75) is 18.2 Å². The van der Waals surface area contributed by atoms with E-state index in [2.05, 4.69) is 10.7 Å². The lowest BCUT2D eigenvalue weighted by Crippen LogP contribution is -2.47. The normalized spacial score (nSPS) is 32.2. The van der Waals surface area contributed by atoms with Gasteiger partial charge in [-0.1, -0.05) is 6.92 Å². The van der Waals surface area contributed by atoms with E-state index >= 15 is 0 Å². The maximum atomic E-state index is 10.9. The first-order chi connectivity index (χ1) is 4.75. The van der Waals surface area contributed by atoms with Crippen molar-refractivity contribution in [3.05, 3.63) is 0 Å². The summed E-state index contributed by atoms with van der Waals surface area (Å²) in [6.45, 7) is 2.00. The highest BCUT2D eigenvalue weighted by Crippen LogP contribution is 2.19. The van der Waals surface area contributed by atoms with Gasteiger partial charge >= 0.3 is 0 Å². The van der Waals surface area contributed by atoms with Crippen LogP contribution in [0.1, 0.15) is 6.92 Å². The molecule has 4 N–H and O–H groups in total. The zero-order chi connectivity index (χ0) is 7.56. The first-order valence-corrected chi connectivity index (χ1v) is 4.16. The van der Waals surface area contributed by atoms with Gasteiger partial charge in [0.25, 0.3) is 5.91 Å². The lowest BCUT2D eigenvalue weighted by Gasteiger charge is -2.11. The lowest BCUT2D eigenvalue weighted by molar-refractivity contribution is -0.122. The maximum Gasteiger partial charge on any atom is 0.252 e. The summed E-state index contributed by atoms with van der Waals surface area (Å²) >= 11 is 1.72. The SMILES string of the molecule is C[C@H]1SCN[C@@H]1C(=O)NN. The number of carbonyl (C=O) groups excluding carboxylic acids is 1. The van der Waals surface area contributed by atoms with Crippen LogP contribution in [0.5, 0.6) is 0 Å². The summed E-state index contributed by atoms with van der Waals surface area (Å²) in [6, 6.07) is -0.116. The molecule has 0 unspecified atom stereocenters. The predicted octanol–water partition coefficient (Wildman–Crippen LogP) is -0.973. The number of hydrazine groups is 1. The highest BCUT2D eigenvalue weighted by Gasteiger charge is 2.28. The van der Waals surface area contributed by atoms with Crippen molar-refractivity contribution >= 4 is 17.7 Å². The van der Waals surface area contributed by atoms with Crippen molar-refractivity contribution in [3.63, 3.8) is 0 Å². The average molecular weight is 161 g/mol. The molecule has 0 radical (unpaired) electrons. The summed E-state index contributed by atoms with van der Waals surface area (Å²) in [5.41, 5.74) is 2.12. The molecule has 0 saturated carbocycles. The second-order valence-corrected chi connectivity index (χ2v) is 3.57. The number of hydrogen-bond donors (Lipinski definition) is 3. The van der Waals surface area contributed by atoms with Gasteiger partial charge in [0.15, 0.2) is 0 Å². The fourth-order valence-corrected chi connectivity index (χ4v) is 1.88. The van der Waals surface area contributed by atoms with Gasteiger partial charge in [0.1, 0.15) is 6.04 Å². The van der Waals surface area contributed by atoms with Gasteiger partial charge < -0.3 is 0 Å². The predicted molar refractivity (Wildman–Crippen MR) is 41.2 cm³/mol. The Bertz CT molecular complexity index is 141. The van der Waals surface area contributed by atoms with Crippen LogP contribution in [-0.4, -0.2) is 23.1 Å². The Morgan fingerprint density at radius 3 is 3.00 bits per heavy atom. The Hall–Kier alpha value is -0.260. The van der Waals surface area contributed by atoms with Gasteiger partial charge in [-0.25, -0.2) is 5.84 Å². The molecule has 1 aliphatic rings. The van der Waals surface area contributed by atoms with Crippen molar-refractivity contribution in [1.29, 1.82) is 0 Å². The number of nitrogens with one attached hydrogen (secondary N) is 2. The van der Waals surface area contributed by atoms with Crippen LogP contribution in [0.3, 0.4) is 0 Å². The molecule has 0 bridgehead atoms.